The molecule has 2 heterocycles. The van der Waals surface area contributed by atoms with E-state index in [4.69, 9.17) is 0 Å². The summed E-state index contributed by atoms with van der Waals surface area (Å²) in [5.41, 5.74) is 3.89. The van der Waals surface area contributed by atoms with Crippen LogP contribution in [0.15, 0.2) is 54.0 Å². The summed E-state index contributed by atoms with van der Waals surface area (Å²) in [7, 11) is 0. The standard InChI is InChI=1S/C18H16N2O2S/c1-12-7-14(5-6-19-12)15-10-18(23-11-15)20-17(22)9-13-3-2-4-16(21)8-13/h2-8,10-11,21H,9H2,1H3,(H,20,22). The van der Waals surface area contributed by atoms with Gasteiger partial charge in [0.15, 0.2) is 0 Å². The average Bonchev–Trinajstić information content (AvgIpc) is 2.95. The van der Waals surface area contributed by atoms with Gasteiger partial charge in [0.25, 0.3) is 0 Å². The second-order valence-electron chi connectivity index (χ2n) is 5.28. The number of rotatable bonds is 4. The number of benzene rings is 1. The van der Waals surface area contributed by atoms with Crippen LogP contribution in [0.2, 0.25) is 0 Å². The van der Waals surface area contributed by atoms with Crippen LogP contribution in [0.25, 0.3) is 11.1 Å². The van der Waals surface area contributed by atoms with E-state index in [1.165, 1.54) is 11.3 Å². The number of aryl methyl sites for hydroxylation is 1. The van der Waals surface area contributed by atoms with Crippen molar-refractivity contribution in [3.8, 4) is 16.9 Å². The molecule has 0 saturated carbocycles. The van der Waals surface area contributed by atoms with Gasteiger partial charge in [0.2, 0.25) is 5.91 Å². The van der Waals surface area contributed by atoms with Crippen molar-refractivity contribution < 1.29 is 9.90 Å². The highest BCUT2D eigenvalue weighted by atomic mass is 32.1. The van der Waals surface area contributed by atoms with Crippen molar-refractivity contribution in [1.29, 1.82) is 0 Å². The molecule has 23 heavy (non-hydrogen) atoms. The number of anilines is 1. The van der Waals surface area contributed by atoms with Crippen LogP contribution in [-0.4, -0.2) is 16.0 Å². The Hall–Kier alpha value is -2.66. The maximum absolute atomic E-state index is 12.1. The Bertz CT molecular complexity index is 842. The van der Waals surface area contributed by atoms with Gasteiger partial charge in [0.1, 0.15) is 5.75 Å². The normalized spacial score (nSPS) is 10.5. The number of aromatic hydroxyl groups is 1. The third-order valence-electron chi connectivity index (χ3n) is 3.37. The zero-order chi connectivity index (χ0) is 16.2. The second kappa shape index (κ2) is 6.62. The minimum absolute atomic E-state index is 0.102. The number of carbonyl (C=O) groups excluding carboxylic acids is 1. The summed E-state index contributed by atoms with van der Waals surface area (Å²) in [6, 6.07) is 12.7. The Kier molecular flexibility index (Phi) is 4.39. The van der Waals surface area contributed by atoms with E-state index in [1.807, 2.05) is 36.6 Å². The summed E-state index contributed by atoms with van der Waals surface area (Å²) >= 11 is 1.49. The van der Waals surface area contributed by atoms with Crippen molar-refractivity contribution >= 4 is 22.2 Å². The van der Waals surface area contributed by atoms with Crippen LogP contribution in [0.1, 0.15) is 11.3 Å². The number of amides is 1. The molecule has 1 aromatic carbocycles. The molecule has 0 aliphatic heterocycles. The highest BCUT2D eigenvalue weighted by molar-refractivity contribution is 7.14. The molecule has 4 nitrogen and oxygen atoms in total. The first-order valence-electron chi connectivity index (χ1n) is 7.19. The number of phenolic OH excluding ortho intramolecular Hbond substituents is 1. The lowest BCUT2D eigenvalue weighted by Gasteiger charge is -2.03. The summed E-state index contributed by atoms with van der Waals surface area (Å²) in [4.78, 5) is 16.3. The number of thiophene rings is 1. The highest BCUT2D eigenvalue weighted by Crippen LogP contribution is 2.29. The fourth-order valence-corrected chi connectivity index (χ4v) is 3.14. The quantitative estimate of drug-likeness (QED) is 0.762. The number of hydrogen-bond acceptors (Lipinski definition) is 4. The van der Waals surface area contributed by atoms with E-state index >= 15 is 0 Å². The molecule has 0 unspecified atom stereocenters. The van der Waals surface area contributed by atoms with Gasteiger partial charge in [-0.05, 0) is 53.9 Å². The number of pyridine rings is 1. The molecule has 2 N–H and O–H groups in total. The Labute approximate surface area is 138 Å². The van der Waals surface area contributed by atoms with Gasteiger partial charge in [0.05, 0.1) is 11.4 Å². The molecule has 5 heteroatoms. The van der Waals surface area contributed by atoms with Crippen molar-refractivity contribution in [2.24, 2.45) is 0 Å². The van der Waals surface area contributed by atoms with Crippen molar-refractivity contribution in [1.82, 2.24) is 4.98 Å². The van der Waals surface area contributed by atoms with Crippen molar-refractivity contribution in [3.63, 3.8) is 0 Å². The number of nitrogens with zero attached hydrogens (tertiary/aromatic N) is 1. The molecule has 3 rings (SSSR count). The number of nitrogens with one attached hydrogen (secondary N) is 1. The van der Waals surface area contributed by atoms with Crippen LogP contribution in [0.3, 0.4) is 0 Å². The lowest BCUT2D eigenvalue weighted by atomic mass is 10.1. The summed E-state index contributed by atoms with van der Waals surface area (Å²) in [6.45, 7) is 1.95. The molecule has 0 spiro atoms. The van der Waals surface area contributed by atoms with E-state index in [9.17, 15) is 9.90 Å². The minimum Gasteiger partial charge on any atom is -0.508 e. The number of phenols is 1. The van der Waals surface area contributed by atoms with Crippen LogP contribution >= 0.6 is 11.3 Å². The highest BCUT2D eigenvalue weighted by Gasteiger charge is 2.08. The van der Waals surface area contributed by atoms with Crippen molar-refractivity contribution in [2.75, 3.05) is 5.32 Å². The van der Waals surface area contributed by atoms with Gasteiger partial charge in [-0.25, -0.2) is 0 Å². The van der Waals surface area contributed by atoms with Crippen molar-refractivity contribution in [2.45, 2.75) is 13.3 Å². The Balaban J connectivity index is 1.68. The molecule has 1 amide bonds. The maximum Gasteiger partial charge on any atom is 0.229 e. The smallest absolute Gasteiger partial charge is 0.229 e. The van der Waals surface area contributed by atoms with Gasteiger partial charge in [-0.2, -0.15) is 0 Å². The Morgan fingerprint density at radius 3 is 2.87 bits per heavy atom. The van der Waals surface area contributed by atoms with Gasteiger partial charge in [-0.15, -0.1) is 11.3 Å². The van der Waals surface area contributed by atoms with E-state index in [-0.39, 0.29) is 18.1 Å². The number of carbonyl (C=O) groups is 1. The van der Waals surface area contributed by atoms with E-state index in [2.05, 4.69) is 10.3 Å². The third-order valence-corrected chi connectivity index (χ3v) is 4.21. The molecular weight excluding hydrogens is 308 g/mol. The van der Waals surface area contributed by atoms with Gasteiger partial charge in [0, 0.05) is 17.3 Å². The monoisotopic (exact) mass is 324 g/mol. The first kappa shape index (κ1) is 15.2. The molecule has 3 aromatic rings. The van der Waals surface area contributed by atoms with E-state index in [1.54, 1.807) is 24.4 Å². The molecule has 0 aliphatic carbocycles. The largest absolute Gasteiger partial charge is 0.508 e. The van der Waals surface area contributed by atoms with Crippen LogP contribution in [0.5, 0.6) is 5.75 Å². The van der Waals surface area contributed by atoms with Crippen LogP contribution in [0, 0.1) is 6.92 Å². The number of hydrogen-bond donors (Lipinski definition) is 2. The molecule has 0 fully saturated rings. The lowest BCUT2D eigenvalue weighted by molar-refractivity contribution is -0.115. The Morgan fingerprint density at radius 2 is 2.09 bits per heavy atom. The summed E-state index contributed by atoms with van der Waals surface area (Å²) in [5, 5.41) is 15.1. The summed E-state index contributed by atoms with van der Waals surface area (Å²) in [5.74, 6) is 0.0664. The fraction of sp³-hybridized carbons (Fsp3) is 0.111. The van der Waals surface area contributed by atoms with Crippen LogP contribution in [-0.2, 0) is 11.2 Å². The molecule has 116 valence electrons. The SMILES string of the molecule is Cc1cc(-c2csc(NC(=O)Cc3cccc(O)c3)c2)ccn1. The second-order valence-corrected chi connectivity index (χ2v) is 6.19. The van der Waals surface area contributed by atoms with Gasteiger partial charge in [-0.3, -0.25) is 9.78 Å². The van der Waals surface area contributed by atoms with Gasteiger partial charge < -0.3 is 10.4 Å². The predicted molar refractivity (Wildman–Crippen MR) is 92.7 cm³/mol. The average molecular weight is 324 g/mol. The van der Waals surface area contributed by atoms with E-state index in [0.717, 1.165) is 27.4 Å². The fourth-order valence-electron chi connectivity index (χ4n) is 2.31. The zero-order valence-electron chi connectivity index (χ0n) is 12.6. The summed E-state index contributed by atoms with van der Waals surface area (Å²) in [6.07, 6.45) is 2.01. The molecule has 0 aliphatic rings. The maximum atomic E-state index is 12.1. The first-order chi connectivity index (χ1) is 11.1. The molecule has 0 bridgehead atoms. The molecular formula is C18H16N2O2S. The van der Waals surface area contributed by atoms with E-state index in [0.29, 0.717) is 0 Å². The molecule has 0 radical (unpaired) electrons. The molecule has 0 saturated heterocycles. The van der Waals surface area contributed by atoms with Crippen LogP contribution < -0.4 is 5.32 Å². The van der Waals surface area contributed by atoms with Crippen molar-refractivity contribution in [3.05, 3.63) is 65.3 Å². The molecule has 0 atom stereocenters. The Morgan fingerprint density at radius 1 is 1.22 bits per heavy atom. The lowest BCUT2D eigenvalue weighted by Crippen LogP contribution is -2.13. The predicted octanol–water partition coefficient (Wildman–Crippen LogP) is 4.01. The topological polar surface area (TPSA) is 62.2 Å². The van der Waals surface area contributed by atoms with E-state index < -0.39 is 0 Å². The number of aromatic nitrogens is 1. The zero-order valence-corrected chi connectivity index (χ0v) is 13.4. The van der Waals surface area contributed by atoms with Gasteiger partial charge >= 0.3 is 0 Å². The van der Waals surface area contributed by atoms with Crippen LogP contribution in [0.4, 0.5) is 5.00 Å². The minimum atomic E-state index is -0.102. The van der Waals surface area contributed by atoms with Gasteiger partial charge in [-0.1, -0.05) is 12.1 Å². The first-order valence-corrected chi connectivity index (χ1v) is 8.07. The third kappa shape index (κ3) is 3.96. The summed E-state index contributed by atoms with van der Waals surface area (Å²) < 4.78 is 0. The molecule has 2 aromatic heterocycles.